The molecule has 1 amide bonds. The first-order valence-electron chi connectivity index (χ1n) is 9.26. The highest BCUT2D eigenvalue weighted by molar-refractivity contribution is 5.94. The summed E-state index contributed by atoms with van der Waals surface area (Å²) in [4.78, 5) is 18.9. The summed E-state index contributed by atoms with van der Waals surface area (Å²) in [6, 6.07) is 8.80. The predicted octanol–water partition coefficient (Wildman–Crippen LogP) is 2.16. The quantitative estimate of drug-likeness (QED) is 0.686. The van der Waals surface area contributed by atoms with Crippen LogP contribution in [0.1, 0.15) is 53.0 Å². The largest absolute Gasteiger partial charge is 0.336 e. The number of carbonyl (C=O) groups excluding carboxylic acids is 1. The first-order chi connectivity index (χ1) is 13.7. The lowest BCUT2D eigenvalue weighted by molar-refractivity contribution is 0.0787. The standard InChI is InChI=1S/C19H17N7O2/c20-9-12-1-3-14(4-2-12)19(27)25-8-7-15(10-25)26-11-16(22-24-26)18-21-17(23-28-18)13-5-6-13/h1-4,11,13,15H,5-8,10H2/t15-/m0/s1. The Labute approximate surface area is 160 Å². The number of likely N-dealkylation sites (tertiary alicyclic amines) is 1. The molecule has 140 valence electrons. The average molecular weight is 375 g/mol. The van der Waals surface area contributed by atoms with E-state index in [1.807, 2.05) is 0 Å². The van der Waals surface area contributed by atoms with Crippen LogP contribution in [0.3, 0.4) is 0 Å². The smallest absolute Gasteiger partial charge is 0.280 e. The van der Waals surface area contributed by atoms with Crippen molar-refractivity contribution in [3.05, 3.63) is 47.4 Å². The van der Waals surface area contributed by atoms with Crippen LogP contribution in [-0.4, -0.2) is 49.0 Å². The number of aromatic nitrogens is 5. The first-order valence-corrected chi connectivity index (χ1v) is 9.26. The molecule has 1 aliphatic heterocycles. The number of carbonyl (C=O) groups is 1. The maximum atomic E-state index is 12.7. The molecule has 2 aliphatic rings. The molecule has 1 aliphatic carbocycles. The summed E-state index contributed by atoms with van der Waals surface area (Å²) in [6.07, 6.45) is 4.81. The third kappa shape index (κ3) is 3.03. The van der Waals surface area contributed by atoms with Gasteiger partial charge in [0.05, 0.1) is 23.9 Å². The topological polar surface area (TPSA) is 114 Å². The van der Waals surface area contributed by atoms with Gasteiger partial charge < -0.3 is 9.42 Å². The molecule has 1 aromatic carbocycles. The van der Waals surface area contributed by atoms with Gasteiger partial charge in [0.2, 0.25) is 0 Å². The maximum absolute atomic E-state index is 12.7. The van der Waals surface area contributed by atoms with E-state index < -0.39 is 0 Å². The van der Waals surface area contributed by atoms with E-state index in [4.69, 9.17) is 9.78 Å². The second-order valence-corrected chi connectivity index (χ2v) is 7.20. The van der Waals surface area contributed by atoms with Gasteiger partial charge in [-0.3, -0.25) is 4.79 Å². The van der Waals surface area contributed by atoms with E-state index in [-0.39, 0.29) is 11.9 Å². The van der Waals surface area contributed by atoms with E-state index in [1.165, 1.54) is 0 Å². The Bertz CT molecular complexity index is 1060. The molecule has 0 unspecified atom stereocenters. The fourth-order valence-corrected chi connectivity index (χ4v) is 3.41. The predicted molar refractivity (Wildman–Crippen MR) is 96.0 cm³/mol. The minimum Gasteiger partial charge on any atom is -0.336 e. The third-order valence-electron chi connectivity index (χ3n) is 5.20. The van der Waals surface area contributed by atoms with Crippen molar-refractivity contribution in [2.24, 2.45) is 0 Å². The van der Waals surface area contributed by atoms with E-state index in [0.29, 0.717) is 41.7 Å². The summed E-state index contributed by atoms with van der Waals surface area (Å²) in [7, 11) is 0. The Balaban J connectivity index is 1.27. The summed E-state index contributed by atoms with van der Waals surface area (Å²) < 4.78 is 7.07. The zero-order valence-electron chi connectivity index (χ0n) is 15.0. The fraction of sp³-hybridized carbons (Fsp3) is 0.368. The highest BCUT2D eigenvalue weighted by atomic mass is 16.5. The number of nitriles is 1. The molecule has 1 saturated heterocycles. The van der Waals surface area contributed by atoms with Gasteiger partial charge in [-0.1, -0.05) is 10.4 Å². The molecule has 1 atom stereocenters. The molecular weight excluding hydrogens is 358 g/mol. The Morgan fingerprint density at radius 1 is 1.21 bits per heavy atom. The summed E-state index contributed by atoms with van der Waals surface area (Å²) in [5.41, 5.74) is 1.67. The van der Waals surface area contributed by atoms with E-state index in [0.717, 1.165) is 25.1 Å². The minimum absolute atomic E-state index is 0.0432. The van der Waals surface area contributed by atoms with Crippen LogP contribution in [0.5, 0.6) is 0 Å². The van der Waals surface area contributed by atoms with Crippen LogP contribution in [0.15, 0.2) is 35.0 Å². The Kier molecular flexibility index (Phi) is 3.90. The van der Waals surface area contributed by atoms with Gasteiger partial charge in [-0.25, -0.2) is 4.68 Å². The van der Waals surface area contributed by atoms with Crippen LogP contribution in [0.25, 0.3) is 11.6 Å². The minimum atomic E-state index is -0.0432. The van der Waals surface area contributed by atoms with Gasteiger partial charge in [0, 0.05) is 24.6 Å². The monoisotopic (exact) mass is 375 g/mol. The molecule has 9 nitrogen and oxygen atoms in total. The Morgan fingerprint density at radius 2 is 2.04 bits per heavy atom. The lowest BCUT2D eigenvalue weighted by atomic mass is 10.1. The van der Waals surface area contributed by atoms with Crippen LogP contribution < -0.4 is 0 Å². The second kappa shape index (κ2) is 6.56. The molecule has 28 heavy (non-hydrogen) atoms. The van der Waals surface area contributed by atoms with Crippen LogP contribution in [0.4, 0.5) is 0 Å². The van der Waals surface area contributed by atoms with Crippen molar-refractivity contribution in [2.75, 3.05) is 13.1 Å². The molecule has 0 spiro atoms. The van der Waals surface area contributed by atoms with Gasteiger partial charge in [0.15, 0.2) is 11.5 Å². The SMILES string of the molecule is N#Cc1ccc(C(=O)N2CC[C@H](n3cc(-c4nc(C5CC5)no4)nn3)C2)cc1. The van der Waals surface area contributed by atoms with Crippen LogP contribution in [0, 0.1) is 11.3 Å². The summed E-state index contributed by atoms with van der Waals surface area (Å²) in [5, 5.41) is 21.2. The van der Waals surface area contributed by atoms with Crippen molar-refractivity contribution in [1.82, 2.24) is 30.0 Å². The number of amides is 1. The highest BCUT2D eigenvalue weighted by Crippen LogP contribution is 2.38. The Morgan fingerprint density at radius 3 is 2.79 bits per heavy atom. The second-order valence-electron chi connectivity index (χ2n) is 7.20. The van der Waals surface area contributed by atoms with E-state index in [2.05, 4.69) is 26.5 Å². The van der Waals surface area contributed by atoms with Crippen molar-refractivity contribution in [2.45, 2.75) is 31.2 Å². The molecule has 0 bridgehead atoms. The Hall–Kier alpha value is -3.54. The molecule has 0 N–H and O–H groups in total. The summed E-state index contributed by atoms with van der Waals surface area (Å²) >= 11 is 0. The van der Waals surface area contributed by atoms with Crippen LogP contribution in [-0.2, 0) is 0 Å². The number of nitrogens with zero attached hydrogens (tertiary/aromatic N) is 7. The highest BCUT2D eigenvalue weighted by Gasteiger charge is 2.31. The van der Waals surface area contributed by atoms with Crippen molar-refractivity contribution >= 4 is 5.91 Å². The van der Waals surface area contributed by atoms with Gasteiger partial charge in [-0.2, -0.15) is 10.2 Å². The van der Waals surface area contributed by atoms with Crippen molar-refractivity contribution in [1.29, 1.82) is 5.26 Å². The normalized spacial score (nSPS) is 19.0. The number of hydrogen-bond acceptors (Lipinski definition) is 7. The molecule has 0 radical (unpaired) electrons. The van der Waals surface area contributed by atoms with Gasteiger partial charge in [-0.15, -0.1) is 5.10 Å². The zero-order valence-corrected chi connectivity index (χ0v) is 15.0. The third-order valence-corrected chi connectivity index (χ3v) is 5.20. The summed E-state index contributed by atoms with van der Waals surface area (Å²) in [5.74, 6) is 1.50. The van der Waals surface area contributed by atoms with E-state index in [9.17, 15) is 4.79 Å². The zero-order chi connectivity index (χ0) is 19.1. The molecule has 9 heteroatoms. The van der Waals surface area contributed by atoms with Gasteiger partial charge in [0.25, 0.3) is 11.8 Å². The van der Waals surface area contributed by atoms with Gasteiger partial charge >= 0.3 is 0 Å². The van der Waals surface area contributed by atoms with Gasteiger partial charge in [-0.05, 0) is 43.5 Å². The van der Waals surface area contributed by atoms with Crippen LogP contribution >= 0.6 is 0 Å². The van der Waals surface area contributed by atoms with Crippen LogP contribution in [0.2, 0.25) is 0 Å². The number of hydrogen-bond donors (Lipinski definition) is 0. The molecule has 2 fully saturated rings. The lowest BCUT2D eigenvalue weighted by Crippen LogP contribution is -2.29. The van der Waals surface area contributed by atoms with E-state index in [1.54, 1.807) is 40.0 Å². The average Bonchev–Trinajstić information content (AvgIpc) is 3.16. The molecule has 5 rings (SSSR count). The molecule has 1 saturated carbocycles. The maximum Gasteiger partial charge on any atom is 0.280 e. The lowest BCUT2D eigenvalue weighted by Gasteiger charge is -2.16. The molecular formula is C19H17N7O2. The molecule has 3 aromatic rings. The van der Waals surface area contributed by atoms with Gasteiger partial charge in [0.1, 0.15) is 0 Å². The molecule has 3 heterocycles. The fourth-order valence-electron chi connectivity index (χ4n) is 3.41. The first kappa shape index (κ1) is 16.6. The number of rotatable bonds is 4. The van der Waals surface area contributed by atoms with Crippen molar-refractivity contribution in [3.8, 4) is 17.7 Å². The molecule has 2 aromatic heterocycles. The number of benzene rings is 1. The summed E-state index contributed by atoms with van der Waals surface area (Å²) in [6.45, 7) is 1.20. The van der Waals surface area contributed by atoms with E-state index >= 15 is 0 Å². The van der Waals surface area contributed by atoms with Crippen molar-refractivity contribution < 1.29 is 9.32 Å². The van der Waals surface area contributed by atoms with Crippen molar-refractivity contribution in [3.63, 3.8) is 0 Å².